The van der Waals surface area contributed by atoms with E-state index in [4.69, 9.17) is 4.42 Å². The smallest absolute Gasteiger partial charge is 0.120 e. The number of nitrogens with one attached hydrogen (secondary N) is 1. The van der Waals surface area contributed by atoms with E-state index in [9.17, 15) is 0 Å². The maximum Gasteiger partial charge on any atom is 0.120 e. The first-order valence-corrected chi connectivity index (χ1v) is 7.47. The Kier molecular flexibility index (Phi) is 4.83. The van der Waals surface area contributed by atoms with Gasteiger partial charge in [0.1, 0.15) is 11.5 Å². The van der Waals surface area contributed by atoms with Gasteiger partial charge in [0.15, 0.2) is 0 Å². The zero-order valence-corrected chi connectivity index (χ0v) is 13.2. The molecule has 0 amide bonds. The van der Waals surface area contributed by atoms with Crippen LogP contribution in [0.2, 0.25) is 0 Å². The third-order valence-corrected chi connectivity index (χ3v) is 3.79. The second kappa shape index (κ2) is 6.40. The van der Waals surface area contributed by atoms with Crippen molar-refractivity contribution < 1.29 is 4.42 Å². The molecule has 0 saturated heterocycles. The van der Waals surface area contributed by atoms with Gasteiger partial charge >= 0.3 is 0 Å². The Bertz CT molecular complexity index is 535. The zero-order chi connectivity index (χ0) is 13.8. The average molecular weight is 322 g/mol. The third-order valence-electron chi connectivity index (χ3n) is 3.30. The lowest BCUT2D eigenvalue weighted by Gasteiger charge is -2.21. The predicted molar refractivity (Wildman–Crippen MR) is 82.2 cm³/mol. The molecule has 0 spiro atoms. The second-order valence-corrected chi connectivity index (χ2v) is 5.77. The van der Waals surface area contributed by atoms with Gasteiger partial charge in [-0.2, -0.15) is 0 Å². The van der Waals surface area contributed by atoms with E-state index in [1.165, 1.54) is 5.56 Å². The third kappa shape index (κ3) is 3.71. The van der Waals surface area contributed by atoms with Gasteiger partial charge in [0.2, 0.25) is 0 Å². The van der Waals surface area contributed by atoms with Crippen molar-refractivity contribution in [3.63, 3.8) is 0 Å². The summed E-state index contributed by atoms with van der Waals surface area (Å²) in [5, 5.41) is 3.63. The molecule has 1 N–H and O–H groups in total. The minimum atomic E-state index is 0.206. The fraction of sp³-hybridized carbons (Fsp3) is 0.375. The molecule has 0 aliphatic rings. The maximum atomic E-state index is 5.68. The van der Waals surface area contributed by atoms with Crippen LogP contribution < -0.4 is 5.32 Å². The Morgan fingerprint density at radius 2 is 2.05 bits per heavy atom. The molecule has 0 bridgehead atoms. The van der Waals surface area contributed by atoms with Crippen LogP contribution in [-0.4, -0.2) is 0 Å². The van der Waals surface area contributed by atoms with Crippen molar-refractivity contribution in [2.75, 3.05) is 0 Å². The molecule has 0 aliphatic heterocycles. The molecule has 1 heterocycles. The molecule has 2 aromatic rings. The largest absolute Gasteiger partial charge is 0.465 e. The van der Waals surface area contributed by atoms with E-state index in [0.29, 0.717) is 6.04 Å². The van der Waals surface area contributed by atoms with Crippen molar-refractivity contribution in [1.82, 2.24) is 5.32 Å². The molecule has 1 aromatic carbocycles. The summed E-state index contributed by atoms with van der Waals surface area (Å²) in [6, 6.07) is 13.0. The molecule has 19 heavy (non-hydrogen) atoms. The fourth-order valence-electron chi connectivity index (χ4n) is 2.24. The topological polar surface area (TPSA) is 25.2 Å². The molecule has 0 fully saturated rings. The van der Waals surface area contributed by atoms with Gasteiger partial charge in [0.25, 0.3) is 0 Å². The van der Waals surface area contributed by atoms with Crippen LogP contribution in [-0.2, 0) is 0 Å². The van der Waals surface area contributed by atoms with E-state index in [2.05, 4.69) is 59.4 Å². The molecule has 102 valence electrons. The Balaban J connectivity index is 2.11. The van der Waals surface area contributed by atoms with Crippen LogP contribution in [0.5, 0.6) is 0 Å². The fourth-order valence-corrected chi connectivity index (χ4v) is 2.66. The lowest BCUT2D eigenvalue weighted by molar-refractivity contribution is 0.378. The predicted octanol–water partition coefficient (Wildman–Crippen LogP) is 5.15. The number of hydrogen-bond donors (Lipinski definition) is 1. The summed E-state index contributed by atoms with van der Waals surface area (Å²) in [4.78, 5) is 0. The van der Waals surface area contributed by atoms with Gasteiger partial charge in [0.05, 0.1) is 6.04 Å². The zero-order valence-electron chi connectivity index (χ0n) is 11.6. The Morgan fingerprint density at radius 3 is 2.63 bits per heavy atom. The number of hydrogen-bond acceptors (Lipinski definition) is 2. The van der Waals surface area contributed by atoms with Gasteiger partial charge in [-0.05, 0) is 50.1 Å². The molecule has 0 saturated carbocycles. The standard InChI is InChI=1S/C16H20BrNO/c1-4-15(13-6-5-7-14(17)10-13)18-12(3)16-9-8-11(2)19-16/h5-10,12,15,18H,4H2,1-3H3. The van der Waals surface area contributed by atoms with Gasteiger partial charge in [-0.3, -0.25) is 0 Å². The first-order valence-electron chi connectivity index (χ1n) is 6.68. The van der Waals surface area contributed by atoms with Crippen LogP contribution in [0, 0.1) is 6.92 Å². The Morgan fingerprint density at radius 1 is 1.26 bits per heavy atom. The van der Waals surface area contributed by atoms with Crippen LogP contribution >= 0.6 is 15.9 Å². The number of benzene rings is 1. The van der Waals surface area contributed by atoms with Crippen molar-refractivity contribution in [3.05, 3.63) is 58.0 Å². The first-order chi connectivity index (χ1) is 9.10. The summed E-state index contributed by atoms with van der Waals surface area (Å²) in [6.07, 6.45) is 1.04. The summed E-state index contributed by atoms with van der Waals surface area (Å²) in [6.45, 7) is 6.30. The highest BCUT2D eigenvalue weighted by Crippen LogP contribution is 2.25. The normalized spacial score (nSPS) is 14.3. The van der Waals surface area contributed by atoms with Crippen LogP contribution in [0.4, 0.5) is 0 Å². The summed E-state index contributed by atoms with van der Waals surface area (Å²) in [7, 11) is 0. The highest BCUT2D eigenvalue weighted by Gasteiger charge is 2.16. The van der Waals surface area contributed by atoms with Crippen molar-refractivity contribution >= 4 is 15.9 Å². The highest BCUT2D eigenvalue weighted by molar-refractivity contribution is 9.10. The van der Waals surface area contributed by atoms with Crippen LogP contribution in [0.25, 0.3) is 0 Å². The summed E-state index contributed by atoms with van der Waals surface area (Å²) in [5.41, 5.74) is 1.30. The number of rotatable bonds is 5. The van der Waals surface area contributed by atoms with Crippen LogP contribution in [0.3, 0.4) is 0 Å². The van der Waals surface area contributed by atoms with E-state index >= 15 is 0 Å². The molecule has 0 aliphatic carbocycles. The molecular weight excluding hydrogens is 302 g/mol. The minimum Gasteiger partial charge on any atom is -0.465 e. The SMILES string of the molecule is CCC(NC(C)c1ccc(C)o1)c1cccc(Br)c1. The second-order valence-electron chi connectivity index (χ2n) is 4.85. The molecular formula is C16H20BrNO. The quantitative estimate of drug-likeness (QED) is 0.823. The van der Waals surface area contributed by atoms with Gasteiger partial charge in [0, 0.05) is 10.5 Å². The number of aryl methyl sites for hydroxylation is 1. The Hall–Kier alpha value is -1.06. The molecule has 2 nitrogen and oxygen atoms in total. The summed E-state index contributed by atoms with van der Waals surface area (Å²) >= 11 is 3.53. The van der Waals surface area contributed by atoms with Gasteiger partial charge in [-0.1, -0.05) is 35.0 Å². The summed E-state index contributed by atoms with van der Waals surface area (Å²) in [5.74, 6) is 1.95. The summed E-state index contributed by atoms with van der Waals surface area (Å²) < 4.78 is 6.80. The lowest BCUT2D eigenvalue weighted by Crippen LogP contribution is -2.23. The van der Waals surface area contributed by atoms with Gasteiger partial charge in [-0.15, -0.1) is 0 Å². The number of halogens is 1. The number of furan rings is 1. The molecule has 2 unspecified atom stereocenters. The molecule has 1 aromatic heterocycles. The molecule has 2 atom stereocenters. The molecule has 3 heteroatoms. The van der Waals surface area contributed by atoms with Crippen molar-refractivity contribution in [2.24, 2.45) is 0 Å². The van der Waals surface area contributed by atoms with Crippen molar-refractivity contribution in [2.45, 2.75) is 39.3 Å². The van der Waals surface area contributed by atoms with Gasteiger partial charge in [-0.25, -0.2) is 0 Å². The van der Waals surface area contributed by atoms with Crippen molar-refractivity contribution in [1.29, 1.82) is 0 Å². The maximum absolute atomic E-state index is 5.68. The van der Waals surface area contributed by atoms with Crippen LogP contribution in [0.1, 0.15) is 49.4 Å². The first kappa shape index (κ1) is 14.4. The lowest BCUT2D eigenvalue weighted by atomic mass is 10.0. The van der Waals surface area contributed by atoms with E-state index in [1.54, 1.807) is 0 Å². The van der Waals surface area contributed by atoms with Crippen molar-refractivity contribution in [3.8, 4) is 0 Å². The highest BCUT2D eigenvalue weighted by atomic mass is 79.9. The van der Waals surface area contributed by atoms with E-state index in [0.717, 1.165) is 22.4 Å². The van der Waals surface area contributed by atoms with Crippen LogP contribution in [0.15, 0.2) is 45.3 Å². The van der Waals surface area contributed by atoms with E-state index in [-0.39, 0.29) is 6.04 Å². The average Bonchev–Trinajstić information content (AvgIpc) is 2.82. The van der Waals surface area contributed by atoms with Gasteiger partial charge < -0.3 is 9.73 Å². The van der Waals surface area contributed by atoms with E-state index < -0.39 is 0 Å². The monoisotopic (exact) mass is 321 g/mol. The molecule has 2 rings (SSSR count). The minimum absolute atomic E-state index is 0.206. The van der Waals surface area contributed by atoms with E-state index in [1.807, 2.05) is 19.1 Å². The molecule has 0 radical (unpaired) electrons. The Labute approximate surface area is 123 Å².